The van der Waals surface area contributed by atoms with Gasteiger partial charge in [0.05, 0.1) is 16.2 Å². The Labute approximate surface area is 76.1 Å². The maximum absolute atomic E-state index is 10.6. The molecule has 0 aliphatic carbocycles. The minimum Gasteiger partial charge on any atom is -0.264 e. The van der Waals surface area contributed by atoms with E-state index >= 15 is 0 Å². The zero-order valence-corrected chi connectivity index (χ0v) is 7.57. The van der Waals surface area contributed by atoms with E-state index < -0.39 is 4.92 Å². The topological polar surface area (TPSA) is 55.5 Å². The zero-order chi connectivity index (χ0) is 10.0. The monoisotopic (exact) mass is 178 g/mol. The second kappa shape index (κ2) is 3.35. The fraction of sp³-hybridized carbons (Fsp3) is 0.222. The summed E-state index contributed by atoms with van der Waals surface area (Å²) in [7, 11) is 0. The predicted octanol–water partition coefficient (Wildman–Crippen LogP) is 2.54. The van der Waals surface area contributed by atoms with Crippen molar-refractivity contribution in [2.24, 2.45) is 4.99 Å². The van der Waals surface area contributed by atoms with Crippen LogP contribution in [0.15, 0.2) is 17.1 Å². The van der Waals surface area contributed by atoms with E-state index in [0.29, 0.717) is 11.3 Å². The maximum Gasteiger partial charge on any atom is 0.274 e. The van der Waals surface area contributed by atoms with Gasteiger partial charge in [0.25, 0.3) is 5.69 Å². The van der Waals surface area contributed by atoms with E-state index in [2.05, 4.69) is 11.7 Å². The van der Waals surface area contributed by atoms with Crippen molar-refractivity contribution in [1.29, 1.82) is 0 Å². The van der Waals surface area contributed by atoms with Crippen LogP contribution in [0.4, 0.5) is 11.4 Å². The Morgan fingerprint density at radius 3 is 2.54 bits per heavy atom. The maximum atomic E-state index is 10.6. The summed E-state index contributed by atoms with van der Waals surface area (Å²) >= 11 is 0. The van der Waals surface area contributed by atoms with Crippen molar-refractivity contribution < 1.29 is 4.92 Å². The molecule has 68 valence electrons. The first kappa shape index (κ1) is 9.38. The highest BCUT2D eigenvalue weighted by molar-refractivity contribution is 5.61. The first-order chi connectivity index (χ1) is 6.06. The number of aryl methyl sites for hydroxylation is 1. The summed E-state index contributed by atoms with van der Waals surface area (Å²) in [4.78, 5) is 13.9. The summed E-state index contributed by atoms with van der Waals surface area (Å²) in [6.07, 6.45) is 0. The molecule has 13 heavy (non-hydrogen) atoms. The summed E-state index contributed by atoms with van der Waals surface area (Å²) in [6.45, 7) is 6.82. The highest BCUT2D eigenvalue weighted by atomic mass is 16.6. The quantitative estimate of drug-likeness (QED) is 0.397. The smallest absolute Gasteiger partial charge is 0.264 e. The number of nitrogens with zero attached hydrogens (tertiary/aromatic N) is 2. The molecule has 0 atom stereocenters. The molecule has 1 aromatic rings. The molecule has 0 N–H and O–H groups in total. The third kappa shape index (κ3) is 1.72. The predicted molar refractivity (Wildman–Crippen MR) is 51.8 cm³/mol. The number of hydrogen-bond acceptors (Lipinski definition) is 3. The van der Waals surface area contributed by atoms with E-state index in [4.69, 9.17) is 0 Å². The molecule has 0 bridgehead atoms. The molecule has 0 spiro atoms. The number of benzene rings is 1. The number of rotatable bonds is 2. The Bertz CT molecular complexity index is 372. The van der Waals surface area contributed by atoms with Gasteiger partial charge in [0.15, 0.2) is 0 Å². The zero-order valence-electron chi connectivity index (χ0n) is 7.57. The van der Waals surface area contributed by atoms with Crippen molar-refractivity contribution in [2.75, 3.05) is 0 Å². The van der Waals surface area contributed by atoms with Gasteiger partial charge in [-0.3, -0.25) is 15.1 Å². The van der Waals surface area contributed by atoms with Crippen LogP contribution in [-0.2, 0) is 0 Å². The molecule has 0 aliphatic rings. The van der Waals surface area contributed by atoms with Crippen molar-refractivity contribution in [2.45, 2.75) is 13.8 Å². The molecule has 0 amide bonds. The molecular weight excluding hydrogens is 168 g/mol. The third-order valence-electron chi connectivity index (χ3n) is 1.86. The SMILES string of the molecule is C=Nc1cc(C)cc([N+](=O)[O-])c1C. The molecular formula is C9H10N2O2. The van der Waals surface area contributed by atoms with Gasteiger partial charge < -0.3 is 0 Å². The van der Waals surface area contributed by atoms with Crippen LogP contribution in [0.2, 0.25) is 0 Å². The van der Waals surface area contributed by atoms with Crippen LogP contribution in [0.5, 0.6) is 0 Å². The Morgan fingerprint density at radius 2 is 2.08 bits per heavy atom. The number of nitro groups is 1. The first-order valence-electron chi connectivity index (χ1n) is 3.78. The summed E-state index contributed by atoms with van der Waals surface area (Å²) in [5.41, 5.74) is 2.06. The normalized spacial score (nSPS) is 9.69. The molecule has 0 fully saturated rings. The van der Waals surface area contributed by atoms with Crippen LogP contribution >= 0.6 is 0 Å². The third-order valence-corrected chi connectivity index (χ3v) is 1.86. The molecule has 4 heteroatoms. The Hall–Kier alpha value is -1.71. The fourth-order valence-electron chi connectivity index (χ4n) is 1.17. The second-order valence-electron chi connectivity index (χ2n) is 2.84. The summed E-state index contributed by atoms with van der Waals surface area (Å²) in [5.74, 6) is 0. The number of hydrogen-bond donors (Lipinski definition) is 0. The second-order valence-corrected chi connectivity index (χ2v) is 2.84. The Morgan fingerprint density at radius 1 is 1.46 bits per heavy atom. The van der Waals surface area contributed by atoms with Gasteiger partial charge in [-0.1, -0.05) is 0 Å². The summed E-state index contributed by atoms with van der Waals surface area (Å²) in [5, 5.41) is 10.6. The largest absolute Gasteiger partial charge is 0.274 e. The Kier molecular flexibility index (Phi) is 2.41. The molecule has 0 aromatic heterocycles. The van der Waals surface area contributed by atoms with Crippen molar-refractivity contribution in [3.8, 4) is 0 Å². The van der Waals surface area contributed by atoms with E-state index in [1.54, 1.807) is 19.9 Å². The lowest BCUT2D eigenvalue weighted by molar-refractivity contribution is -0.385. The molecule has 0 aliphatic heterocycles. The lowest BCUT2D eigenvalue weighted by Gasteiger charge is -2.02. The average Bonchev–Trinajstić information content (AvgIpc) is 2.08. The van der Waals surface area contributed by atoms with Gasteiger partial charge in [-0.15, -0.1) is 0 Å². The molecule has 0 saturated heterocycles. The minimum atomic E-state index is -0.406. The van der Waals surface area contributed by atoms with Crippen LogP contribution < -0.4 is 0 Å². The average molecular weight is 178 g/mol. The fourth-order valence-corrected chi connectivity index (χ4v) is 1.17. The molecule has 1 aromatic carbocycles. The van der Waals surface area contributed by atoms with Crippen LogP contribution in [0.1, 0.15) is 11.1 Å². The van der Waals surface area contributed by atoms with Gasteiger partial charge in [-0.2, -0.15) is 0 Å². The van der Waals surface area contributed by atoms with Crippen molar-refractivity contribution in [3.63, 3.8) is 0 Å². The van der Waals surface area contributed by atoms with Gasteiger partial charge >= 0.3 is 0 Å². The van der Waals surface area contributed by atoms with Gasteiger partial charge in [0, 0.05) is 6.07 Å². The van der Waals surface area contributed by atoms with E-state index in [0.717, 1.165) is 5.56 Å². The molecule has 0 saturated carbocycles. The molecule has 0 heterocycles. The van der Waals surface area contributed by atoms with E-state index in [9.17, 15) is 10.1 Å². The van der Waals surface area contributed by atoms with Gasteiger partial charge in [0.1, 0.15) is 0 Å². The molecule has 4 nitrogen and oxygen atoms in total. The van der Waals surface area contributed by atoms with E-state index in [1.807, 2.05) is 0 Å². The van der Waals surface area contributed by atoms with Crippen molar-refractivity contribution >= 4 is 18.1 Å². The molecule has 0 unspecified atom stereocenters. The number of nitro benzene ring substituents is 1. The van der Waals surface area contributed by atoms with Gasteiger partial charge in [0.2, 0.25) is 0 Å². The van der Waals surface area contributed by atoms with Crippen LogP contribution in [0.3, 0.4) is 0 Å². The molecule has 1 rings (SSSR count). The van der Waals surface area contributed by atoms with E-state index in [-0.39, 0.29) is 5.69 Å². The van der Waals surface area contributed by atoms with Gasteiger partial charge in [-0.25, -0.2) is 0 Å². The molecule has 0 radical (unpaired) electrons. The van der Waals surface area contributed by atoms with Crippen molar-refractivity contribution in [3.05, 3.63) is 33.4 Å². The summed E-state index contributed by atoms with van der Waals surface area (Å²) in [6, 6.07) is 3.30. The van der Waals surface area contributed by atoms with Crippen LogP contribution in [0.25, 0.3) is 0 Å². The lowest BCUT2D eigenvalue weighted by Crippen LogP contribution is -1.92. The first-order valence-corrected chi connectivity index (χ1v) is 3.78. The van der Waals surface area contributed by atoms with E-state index in [1.165, 1.54) is 6.07 Å². The van der Waals surface area contributed by atoms with Crippen molar-refractivity contribution in [1.82, 2.24) is 0 Å². The van der Waals surface area contributed by atoms with Gasteiger partial charge in [-0.05, 0) is 32.2 Å². The highest BCUT2D eigenvalue weighted by Gasteiger charge is 2.13. The van der Waals surface area contributed by atoms with Crippen LogP contribution in [0, 0.1) is 24.0 Å². The Balaban J connectivity index is 3.44. The lowest BCUT2D eigenvalue weighted by atomic mass is 10.1. The minimum absolute atomic E-state index is 0.0994. The van der Waals surface area contributed by atoms with Crippen LogP contribution in [-0.4, -0.2) is 11.6 Å². The summed E-state index contributed by atoms with van der Waals surface area (Å²) < 4.78 is 0. The standard InChI is InChI=1S/C9H10N2O2/c1-6-4-8(10-3)7(2)9(5-6)11(12)13/h4-5H,3H2,1-2H3. The highest BCUT2D eigenvalue weighted by Crippen LogP contribution is 2.28. The number of aliphatic imine (C=N–C) groups is 1.